The van der Waals surface area contributed by atoms with Crippen LogP contribution in [0.3, 0.4) is 0 Å². The summed E-state index contributed by atoms with van der Waals surface area (Å²) in [5.41, 5.74) is 5.63. The number of likely N-dealkylation sites (tertiary alicyclic amines) is 1. The van der Waals surface area contributed by atoms with Gasteiger partial charge in [-0.2, -0.15) is 15.2 Å². The molecule has 1 aromatic heterocycles. The maximum absolute atomic E-state index is 12.5. The highest BCUT2D eigenvalue weighted by molar-refractivity contribution is 5.87. The Hall–Kier alpha value is -3.44. The van der Waals surface area contributed by atoms with Crippen LogP contribution in [0.25, 0.3) is 0 Å². The van der Waals surface area contributed by atoms with E-state index in [2.05, 4.69) is 53.8 Å². The molecular formula is C31H36N6O2. The zero-order chi connectivity index (χ0) is 26.7. The molecule has 0 N–H and O–H groups in total. The Morgan fingerprint density at radius 2 is 2.13 bits per heavy atom. The number of anilines is 1. The molecule has 1 spiro atoms. The van der Waals surface area contributed by atoms with E-state index in [4.69, 9.17) is 14.7 Å². The Morgan fingerprint density at radius 3 is 2.92 bits per heavy atom. The van der Waals surface area contributed by atoms with E-state index in [9.17, 15) is 10.1 Å². The van der Waals surface area contributed by atoms with Gasteiger partial charge in [0, 0.05) is 42.6 Å². The van der Waals surface area contributed by atoms with Crippen molar-refractivity contribution < 1.29 is 9.53 Å². The third-order valence-corrected chi connectivity index (χ3v) is 10.2. The van der Waals surface area contributed by atoms with Crippen molar-refractivity contribution in [2.45, 2.75) is 61.9 Å². The number of amides is 1. The number of hydrogen-bond acceptors (Lipinski definition) is 7. The van der Waals surface area contributed by atoms with Crippen molar-refractivity contribution in [2.75, 3.05) is 44.7 Å². The summed E-state index contributed by atoms with van der Waals surface area (Å²) >= 11 is 0. The Labute approximate surface area is 230 Å². The lowest BCUT2D eigenvalue weighted by molar-refractivity contribution is -0.128. The van der Waals surface area contributed by atoms with E-state index >= 15 is 0 Å². The number of ether oxygens (including phenoxy) is 1. The number of likely N-dealkylation sites (N-methyl/N-ethyl adjacent to an activating group) is 1. The SMILES string of the molecule is C=CC(=O)N1CCN(c2nc(OC[C@@H]3CCCN3C)nc3c2CC[C@@]24c5ccccc5CC2C34)C[C@@H]1CC#N. The summed E-state index contributed by atoms with van der Waals surface area (Å²) in [6.45, 7) is 7.14. The summed E-state index contributed by atoms with van der Waals surface area (Å²) in [6, 6.07) is 11.9. The van der Waals surface area contributed by atoms with Gasteiger partial charge in [0.1, 0.15) is 12.4 Å². The molecule has 0 radical (unpaired) electrons. The molecule has 5 aliphatic rings. The molecule has 0 bridgehead atoms. The Balaban J connectivity index is 1.24. The van der Waals surface area contributed by atoms with Gasteiger partial charge in [0.05, 0.1) is 24.2 Å². The molecule has 8 heteroatoms. The fraction of sp³-hybridized carbons (Fsp3) is 0.548. The lowest BCUT2D eigenvalue weighted by Gasteiger charge is -2.42. The molecule has 2 aromatic rings. The van der Waals surface area contributed by atoms with Gasteiger partial charge in [0.2, 0.25) is 5.91 Å². The topological polar surface area (TPSA) is 85.6 Å². The van der Waals surface area contributed by atoms with Gasteiger partial charge < -0.3 is 19.4 Å². The van der Waals surface area contributed by atoms with Crippen LogP contribution in [0.5, 0.6) is 6.01 Å². The second kappa shape index (κ2) is 9.34. The van der Waals surface area contributed by atoms with Crippen molar-refractivity contribution in [2.24, 2.45) is 5.92 Å². The summed E-state index contributed by atoms with van der Waals surface area (Å²) in [6.07, 6.45) is 7.13. The van der Waals surface area contributed by atoms with Crippen molar-refractivity contribution >= 4 is 11.7 Å². The van der Waals surface area contributed by atoms with Crippen molar-refractivity contribution in [3.8, 4) is 12.1 Å². The largest absolute Gasteiger partial charge is 0.462 e. The number of carbonyl (C=O) groups excluding carboxylic acids is 1. The fourth-order valence-electron chi connectivity index (χ4n) is 8.20. The average molecular weight is 525 g/mol. The van der Waals surface area contributed by atoms with E-state index in [0.717, 1.165) is 38.0 Å². The van der Waals surface area contributed by atoms with E-state index in [1.165, 1.54) is 34.9 Å². The van der Waals surface area contributed by atoms with Crippen LogP contribution in [-0.4, -0.2) is 77.6 Å². The number of aromatic nitrogens is 2. The number of nitriles is 1. The molecular weight excluding hydrogens is 488 g/mol. The number of piperazine rings is 1. The van der Waals surface area contributed by atoms with Gasteiger partial charge in [-0.25, -0.2) is 0 Å². The van der Waals surface area contributed by atoms with Crippen LogP contribution >= 0.6 is 0 Å². The molecule has 1 saturated carbocycles. The first-order valence-corrected chi connectivity index (χ1v) is 14.4. The van der Waals surface area contributed by atoms with Crippen molar-refractivity contribution in [1.29, 1.82) is 5.26 Å². The molecule has 3 fully saturated rings. The van der Waals surface area contributed by atoms with Crippen LogP contribution in [0.15, 0.2) is 36.9 Å². The maximum Gasteiger partial charge on any atom is 0.318 e. The van der Waals surface area contributed by atoms with Gasteiger partial charge in [-0.05, 0) is 68.8 Å². The molecule has 1 aromatic carbocycles. The standard InChI is InChI=1S/C31H36N6O2/c1-3-26(38)37-16-15-36(18-21(37)11-13-32)29-23-10-12-31-24-9-5-4-7-20(24)17-25(31)27(31)28(23)33-30(34-29)39-19-22-8-6-14-35(22)2/h3-5,7,9,21-22,25,27H,1,6,8,10-12,14-19H2,2H3/t21-,22-,25?,27?,31+/m0/s1. The van der Waals surface area contributed by atoms with Gasteiger partial charge in [-0.1, -0.05) is 30.8 Å². The molecule has 7 rings (SSSR count). The predicted molar refractivity (Wildman–Crippen MR) is 148 cm³/mol. The molecule has 39 heavy (non-hydrogen) atoms. The minimum absolute atomic E-state index is 0.115. The quantitative estimate of drug-likeness (QED) is 0.537. The van der Waals surface area contributed by atoms with Gasteiger partial charge in [0.15, 0.2) is 0 Å². The molecule has 3 heterocycles. The summed E-state index contributed by atoms with van der Waals surface area (Å²) in [4.78, 5) is 29.1. The first-order chi connectivity index (χ1) is 19.0. The predicted octanol–water partition coefficient (Wildman–Crippen LogP) is 3.22. The molecule has 3 aliphatic carbocycles. The normalized spacial score (nSPS) is 30.6. The van der Waals surface area contributed by atoms with E-state index in [0.29, 0.717) is 50.1 Å². The summed E-state index contributed by atoms with van der Waals surface area (Å²) in [5, 5.41) is 9.51. The zero-order valence-electron chi connectivity index (χ0n) is 22.7. The molecule has 8 nitrogen and oxygen atoms in total. The lowest BCUT2D eigenvalue weighted by atomic mass is 9.81. The monoisotopic (exact) mass is 524 g/mol. The Bertz CT molecular complexity index is 1370. The highest BCUT2D eigenvalue weighted by Gasteiger charge is 2.71. The van der Waals surface area contributed by atoms with Crippen LogP contribution in [0, 0.1) is 17.2 Å². The van der Waals surface area contributed by atoms with Crippen LogP contribution < -0.4 is 9.64 Å². The smallest absolute Gasteiger partial charge is 0.318 e. The van der Waals surface area contributed by atoms with Crippen LogP contribution in [0.4, 0.5) is 5.82 Å². The van der Waals surface area contributed by atoms with Crippen LogP contribution in [0.2, 0.25) is 0 Å². The number of fused-ring (bicyclic) bond motifs is 4. The van der Waals surface area contributed by atoms with Crippen molar-refractivity contribution in [3.63, 3.8) is 0 Å². The molecule has 2 saturated heterocycles. The molecule has 1 amide bonds. The van der Waals surface area contributed by atoms with E-state index in [-0.39, 0.29) is 23.8 Å². The number of rotatable bonds is 6. The molecule has 5 atom stereocenters. The first-order valence-electron chi connectivity index (χ1n) is 14.4. The Kier molecular flexibility index (Phi) is 5.89. The van der Waals surface area contributed by atoms with E-state index in [1.54, 1.807) is 4.90 Å². The Morgan fingerprint density at radius 1 is 1.26 bits per heavy atom. The molecule has 202 valence electrons. The van der Waals surface area contributed by atoms with E-state index < -0.39 is 0 Å². The van der Waals surface area contributed by atoms with Gasteiger partial charge in [-0.3, -0.25) is 4.79 Å². The van der Waals surface area contributed by atoms with Crippen LogP contribution in [-0.2, 0) is 23.1 Å². The zero-order valence-corrected chi connectivity index (χ0v) is 22.7. The third-order valence-electron chi connectivity index (χ3n) is 10.2. The lowest BCUT2D eigenvalue weighted by Crippen LogP contribution is -2.55. The average Bonchev–Trinajstić information content (AvgIpc) is 3.23. The number of benzene rings is 1. The second-order valence-electron chi connectivity index (χ2n) is 12.0. The van der Waals surface area contributed by atoms with Gasteiger partial charge in [-0.15, -0.1) is 0 Å². The van der Waals surface area contributed by atoms with Crippen LogP contribution in [0.1, 0.15) is 54.0 Å². The minimum atomic E-state index is -0.196. The van der Waals surface area contributed by atoms with Gasteiger partial charge >= 0.3 is 6.01 Å². The summed E-state index contributed by atoms with van der Waals surface area (Å²) in [7, 11) is 2.16. The van der Waals surface area contributed by atoms with E-state index in [1.807, 2.05) is 0 Å². The number of hydrogen-bond donors (Lipinski definition) is 0. The number of carbonyl (C=O) groups is 1. The van der Waals surface area contributed by atoms with Crippen molar-refractivity contribution in [1.82, 2.24) is 19.8 Å². The molecule has 2 aliphatic heterocycles. The highest BCUT2D eigenvalue weighted by atomic mass is 16.5. The van der Waals surface area contributed by atoms with Crippen molar-refractivity contribution in [3.05, 3.63) is 59.3 Å². The second-order valence-corrected chi connectivity index (χ2v) is 12.0. The highest BCUT2D eigenvalue weighted by Crippen LogP contribution is 2.75. The summed E-state index contributed by atoms with van der Waals surface area (Å²) in [5.74, 6) is 1.83. The fourth-order valence-corrected chi connectivity index (χ4v) is 8.20. The van der Waals surface area contributed by atoms with Gasteiger partial charge in [0.25, 0.3) is 0 Å². The third kappa shape index (κ3) is 3.77. The number of nitrogens with zero attached hydrogens (tertiary/aromatic N) is 6. The maximum atomic E-state index is 12.5. The first kappa shape index (κ1) is 24.6. The molecule has 2 unspecified atom stereocenters. The summed E-state index contributed by atoms with van der Waals surface area (Å²) < 4.78 is 6.34. The minimum Gasteiger partial charge on any atom is -0.462 e.